The van der Waals surface area contributed by atoms with Crippen LogP contribution in [0.15, 0.2) is 35.0 Å². The van der Waals surface area contributed by atoms with E-state index in [1.165, 1.54) is 0 Å². The van der Waals surface area contributed by atoms with E-state index in [0.29, 0.717) is 57.9 Å². The number of ether oxygens (including phenoxy) is 3. The van der Waals surface area contributed by atoms with E-state index in [9.17, 15) is 4.79 Å². The number of hydrogen-bond donors (Lipinski definition) is 0. The minimum atomic E-state index is -0.0796. The monoisotopic (exact) mass is 503 g/mol. The third kappa shape index (κ3) is 6.02. The zero-order valence-electron chi connectivity index (χ0n) is 16.7. The second-order valence-corrected chi connectivity index (χ2v) is 8.12. The van der Waals surface area contributed by atoms with Crippen LogP contribution in [-0.2, 0) is 9.53 Å². The molecule has 1 saturated carbocycles. The molecule has 0 atom stereocenters. The van der Waals surface area contributed by atoms with Gasteiger partial charge in [-0.25, -0.2) is 4.98 Å². The van der Waals surface area contributed by atoms with Gasteiger partial charge in [0.1, 0.15) is 23.0 Å². The third-order valence-corrected chi connectivity index (χ3v) is 5.19. The Kier molecular flexibility index (Phi) is 8.96. The van der Waals surface area contributed by atoms with Gasteiger partial charge in [-0.3, -0.25) is 4.79 Å². The first-order chi connectivity index (χ1) is 14.9. The Morgan fingerprint density at radius 3 is 2.59 bits per heavy atom. The minimum absolute atomic E-state index is 0. The molecule has 164 valence electrons. The number of carbonyl (C=O) groups is 1. The first-order valence-electron chi connectivity index (χ1n) is 9.65. The molecular weight excluding hydrogens is 484 g/mol. The van der Waals surface area contributed by atoms with E-state index in [4.69, 9.17) is 41.9 Å². The molecular formula is C21H20Cl2KN3O5. The first-order valence-corrected chi connectivity index (χ1v) is 10.4. The number of aromatic nitrogens is 3. The van der Waals surface area contributed by atoms with Crippen LogP contribution in [0.5, 0.6) is 11.6 Å². The Labute approximate surface area is 237 Å². The molecule has 0 aliphatic heterocycles. The quantitative estimate of drug-likeness (QED) is 0.331. The Morgan fingerprint density at radius 1 is 1.16 bits per heavy atom. The molecule has 1 aliphatic rings. The first kappa shape index (κ1) is 25.4. The summed E-state index contributed by atoms with van der Waals surface area (Å²) in [5.41, 5.74) is 1.16. The van der Waals surface area contributed by atoms with Gasteiger partial charge < -0.3 is 18.7 Å². The molecule has 0 radical (unpaired) electrons. The Hall–Kier alpha value is -1.20. The van der Waals surface area contributed by atoms with E-state index in [2.05, 4.69) is 15.1 Å². The molecule has 1 aliphatic carbocycles. The van der Waals surface area contributed by atoms with E-state index in [-0.39, 0.29) is 75.6 Å². The fourth-order valence-corrected chi connectivity index (χ4v) is 3.51. The number of pyridine rings is 1. The molecule has 0 spiro atoms. The number of hydrogen-bond acceptors (Lipinski definition) is 8. The molecule has 2 aromatic heterocycles. The molecule has 0 bridgehead atoms. The normalized spacial score (nSPS) is 17.3. The number of carbonyl (C=O) groups excluding carboxylic acids is 1. The Balaban J connectivity index is 0.00000289. The van der Waals surface area contributed by atoms with Crippen molar-refractivity contribution in [2.45, 2.75) is 45.0 Å². The molecule has 0 amide bonds. The van der Waals surface area contributed by atoms with E-state index in [1.807, 2.05) is 13.8 Å². The van der Waals surface area contributed by atoms with Gasteiger partial charge in [0.25, 0.3) is 12.4 Å². The fraction of sp³-hybridized carbons (Fsp3) is 0.333. The summed E-state index contributed by atoms with van der Waals surface area (Å²) in [6.07, 6.45) is 2.73. The van der Waals surface area contributed by atoms with E-state index < -0.39 is 0 Å². The summed E-state index contributed by atoms with van der Waals surface area (Å²) in [6, 6.07) is 6.89. The van der Waals surface area contributed by atoms with Gasteiger partial charge in [-0.05, 0) is 38.1 Å². The predicted octanol–water partition coefficient (Wildman–Crippen LogP) is 4.33. The molecule has 8 nitrogen and oxygen atoms in total. The summed E-state index contributed by atoms with van der Waals surface area (Å²) in [7, 11) is 0. The molecule has 0 N–H and O–H groups in total. The van der Waals surface area contributed by atoms with Crippen LogP contribution in [-0.4, -0.2) is 91.3 Å². The molecule has 0 saturated heterocycles. The van der Waals surface area contributed by atoms with Crippen molar-refractivity contribution in [3.8, 4) is 34.5 Å². The topological polar surface area (TPSA) is 96.6 Å². The van der Waals surface area contributed by atoms with Crippen LogP contribution >= 0.6 is 23.2 Å². The predicted molar refractivity (Wildman–Crippen MR) is 120 cm³/mol. The zero-order valence-corrected chi connectivity index (χ0v) is 18.3. The van der Waals surface area contributed by atoms with Crippen molar-refractivity contribution >= 4 is 81.1 Å². The maximum atomic E-state index is 10.3. The third-order valence-electron chi connectivity index (χ3n) is 4.61. The molecule has 11 heteroatoms. The summed E-state index contributed by atoms with van der Waals surface area (Å²) >= 11 is 12.7. The van der Waals surface area contributed by atoms with Crippen LogP contribution < -0.4 is 9.47 Å². The molecule has 4 rings (SSSR count). The molecule has 1 aromatic carbocycles. The van der Waals surface area contributed by atoms with Crippen LogP contribution in [0.3, 0.4) is 0 Å². The molecule has 0 unspecified atom stereocenters. The summed E-state index contributed by atoms with van der Waals surface area (Å²) < 4.78 is 21.6. The number of nitrogens with zero attached hydrogens (tertiary/aromatic N) is 3. The van der Waals surface area contributed by atoms with Crippen molar-refractivity contribution in [1.29, 1.82) is 0 Å². The van der Waals surface area contributed by atoms with Crippen LogP contribution in [0.4, 0.5) is 0 Å². The van der Waals surface area contributed by atoms with Crippen LogP contribution in [0.1, 0.15) is 26.7 Å². The Bertz CT molecular complexity index is 1090. The standard InChI is InChI=1S/C21H19Cl2N3O5.K.H/c1-11(2)29-21-18(23)5-12(9-24-21)20-25-19(26-31-20)16-4-3-13(8-17(16)22)30-15-6-14(7-15)28-10-27;;/h3-5,8-11,14-15H,6-7H2,1-2H3;;. The SMILES string of the molecule is CC(C)Oc1ncc(-c2nc(-c3ccc(OC4CC(OC=O)C4)cc3Cl)no2)cc1Cl.[KH]. The van der Waals surface area contributed by atoms with Crippen molar-refractivity contribution < 1.29 is 23.5 Å². The van der Waals surface area contributed by atoms with Gasteiger partial charge in [0.15, 0.2) is 0 Å². The van der Waals surface area contributed by atoms with Crippen molar-refractivity contribution in [3.63, 3.8) is 0 Å². The van der Waals surface area contributed by atoms with Crippen molar-refractivity contribution in [1.82, 2.24) is 15.1 Å². The van der Waals surface area contributed by atoms with Crippen LogP contribution in [0.2, 0.25) is 10.0 Å². The fourth-order valence-electron chi connectivity index (χ4n) is 3.05. The van der Waals surface area contributed by atoms with E-state index in [0.717, 1.165) is 0 Å². The molecule has 2 heterocycles. The summed E-state index contributed by atoms with van der Waals surface area (Å²) in [5.74, 6) is 1.54. The average molecular weight is 504 g/mol. The summed E-state index contributed by atoms with van der Waals surface area (Å²) in [5, 5.41) is 4.78. The maximum absolute atomic E-state index is 10.3. The van der Waals surface area contributed by atoms with Gasteiger partial charge in [0.2, 0.25) is 11.7 Å². The van der Waals surface area contributed by atoms with Crippen molar-refractivity contribution in [2.75, 3.05) is 0 Å². The summed E-state index contributed by atoms with van der Waals surface area (Å²) in [4.78, 5) is 18.9. The van der Waals surface area contributed by atoms with Crippen molar-refractivity contribution in [2.24, 2.45) is 0 Å². The molecule has 1 fully saturated rings. The zero-order chi connectivity index (χ0) is 22.0. The van der Waals surface area contributed by atoms with Crippen molar-refractivity contribution in [3.05, 3.63) is 40.5 Å². The van der Waals surface area contributed by atoms with Gasteiger partial charge in [-0.1, -0.05) is 28.4 Å². The van der Waals surface area contributed by atoms with E-state index >= 15 is 0 Å². The average Bonchev–Trinajstić information content (AvgIpc) is 3.17. The number of benzene rings is 1. The van der Waals surface area contributed by atoms with Gasteiger partial charge in [0, 0.05) is 24.6 Å². The van der Waals surface area contributed by atoms with Crippen LogP contribution in [0.25, 0.3) is 22.8 Å². The Morgan fingerprint density at radius 2 is 1.94 bits per heavy atom. The molecule has 3 aromatic rings. The summed E-state index contributed by atoms with van der Waals surface area (Å²) in [6.45, 7) is 4.24. The van der Waals surface area contributed by atoms with Crippen LogP contribution in [0, 0.1) is 0 Å². The van der Waals surface area contributed by atoms with Gasteiger partial charge in [0.05, 0.1) is 16.7 Å². The van der Waals surface area contributed by atoms with Gasteiger partial charge in [-0.2, -0.15) is 4.98 Å². The van der Waals surface area contributed by atoms with Gasteiger partial charge >= 0.3 is 51.4 Å². The van der Waals surface area contributed by atoms with Gasteiger partial charge in [-0.15, -0.1) is 0 Å². The second kappa shape index (κ2) is 11.3. The number of halogens is 2. The number of rotatable bonds is 8. The second-order valence-electron chi connectivity index (χ2n) is 7.31. The molecule has 32 heavy (non-hydrogen) atoms. The van der Waals surface area contributed by atoms with E-state index in [1.54, 1.807) is 30.5 Å².